The van der Waals surface area contributed by atoms with Gasteiger partial charge in [0.15, 0.2) is 0 Å². The Balaban J connectivity index is 1.92. The molecular formula is C22H19N3O. The first-order valence-electron chi connectivity index (χ1n) is 8.49. The van der Waals surface area contributed by atoms with Crippen molar-refractivity contribution in [3.8, 4) is 33.6 Å². The molecule has 4 aromatic rings. The maximum Gasteiger partial charge on any atom is 0.250 e. The molecule has 0 aliphatic rings. The monoisotopic (exact) mass is 341 g/mol. The van der Waals surface area contributed by atoms with Crippen LogP contribution in [-0.4, -0.2) is 14.3 Å². The van der Waals surface area contributed by atoms with Crippen molar-refractivity contribution < 1.29 is 0 Å². The summed E-state index contributed by atoms with van der Waals surface area (Å²) < 4.78 is 3.48. The van der Waals surface area contributed by atoms with Crippen molar-refractivity contribution in [2.24, 2.45) is 14.1 Å². The van der Waals surface area contributed by atoms with E-state index in [-0.39, 0.29) is 5.56 Å². The van der Waals surface area contributed by atoms with E-state index < -0.39 is 0 Å². The van der Waals surface area contributed by atoms with E-state index in [0.29, 0.717) is 0 Å². The predicted molar refractivity (Wildman–Crippen MR) is 105 cm³/mol. The second kappa shape index (κ2) is 6.48. The molecule has 0 radical (unpaired) electrons. The number of nitrogens with zero attached hydrogens (tertiary/aromatic N) is 3. The Labute approximate surface area is 152 Å². The topological polar surface area (TPSA) is 39.8 Å². The van der Waals surface area contributed by atoms with Crippen LogP contribution in [0.1, 0.15) is 0 Å². The zero-order valence-corrected chi connectivity index (χ0v) is 14.8. The predicted octanol–water partition coefficient (Wildman–Crippen LogP) is 4.12. The molecule has 2 heterocycles. The molecular weight excluding hydrogens is 322 g/mol. The van der Waals surface area contributed by atoms with Gasteiger partial charge in [-0.15, -0.1) is 0 Å². The number of aryl methyl sites for hydroxylation is 2. The van der Waals surface area contributed by atoms with Gasteiger partial charge in [0.2, 0.25) is 0 Å². The molecule has 4 heteroatoms. The number of hydrogen-bond acceptors (Lipinski definition) is 2. The number of benzene rings is 2. The van der Waals surface area contributed by atoms with Gasteiger partial charge in [-0.25, -0.2) is 0 Å². The highest BCUT2D eigenvalue weighted by atomic mass is 16.1. The van der Waals surface area contributed by atoms with E-state index in [1.54, 1.807) is 17.7 Å². The fourth-order valence-corrected chi connectivity index (χ4v) is 3.17. The Bertz CT molecular complexity index is 1110. The van der Waals surface area contributed by atoms with Crippen LogP contribution >= 0.6 is 0 Å². The fourth-order valence-electron chi connectivity index (χ4n) is 3.17. The largest absolute Gasteiger partial charge is 0.318 e. The van der Waals surface area contributed by atoms with Gasteiger partial charge in [0.1, 0.15) is 0 Å². The summed E-state index contributed by atoms with van der Waals surface area (Å²) in [5, 5.41) is 4.72. The Kier molecular flexibility index (Phi) is 4.01. The van der Waals surface area contributed by atoms with Gasteiger partial charge in [-0.3, -0.25) is 9.48 Å². The third-order valence-corrected chi connectivity index (χ3v) is 4.54. The lowest BCUT2D eigenvalue weighted by Crippen LogP contribution is -2.15. The molecule has 4 nitrogen and oxygen atoms in total. The first kappa shape index (κ1) is 16.1. The minimum atomic E-state index is -0.0354. The molecule has 4 rings (SSSR count). The minimum absolute atomic E-state index is 0.0354. The average Bonchev–Trinajstić information content (AvgIpc) is 3.06. The third kappa shape index (κ3) is 2.86. The summed E-state index contributed by atoms with van der Waals surface area (Å²) in [6.07, 6.45) is 1.86. The number of rotatable bonds is 3. The van der Waals surface area contributed by atoms with Crippen LogP contribution in [0.4, 0.5) is 0 Å². The molecule has 0 N–H and O–H groups in total. The Hall–Kier alpha value is -3.40. The zero-order valence-electron chi connectivity index (χ0n) is 14.8. The van der Waals surface area contributed by atoms with Crippen molar-refractivity contribution in [2.75, 3.05) is 0 Å². The fraction of sp³-hybridized carbons (Fsp3) is 0.0909. The highest BCUT2D eigenvalue weighted by Gasteiger charge is 2.15. The van der Waals surface area contributed by atoms with Gasteiger partial charge >= 0.3 is 0 Å². The maximum absolute atomic E-state index is 12.2. The summed E-state index contributed by atoms with van der Waals surface area (Å²) in [6, 6.07) is 23.9. The standard InChI is InChI=1S/C22H19N3O/c1-24-15-19(18(13-22(24)26)16-9-5-3-6-10-16)20-14-21(25(2)23-20)17-11-7-4-8-12-17/h3-15H,1-2H3. The van der Waals surface area contributed by atoms with Crippen molar-refractivity contribution >= 4 is 0 Å². The molecule has 0 atom stereocenters. The van der Waals surface area contributed by atoms with Gasteiger partial charge in [0, 0.05) is 31.9 Å². The van der Waals surface area contributed by atoms with Crippen LogP contribution in [0, 0.1) is 0 Å². The highest BCUT2D eigenvalue weighted by Crippen LogP contribution is 2.32. The molecule has 0 saturated carbocycles. The summed E-state index contributed by atoms with van der Waals surface area (Å²) in [6.45, 7) is 0. The zero-order chi connectivity index (χ0) is 18.1. The number of pyridine rings is 1. The molecule has 0 amide bonds. The first-order valence-corrected chi connectivity index (χ1v) is 8.49. The van der Waals surface area contributed by atoms with Gasteiger partial charge in [0.25, 0.3) is 5.56 Å². The lowest BCUT2D eigenvalue weighted by Gasteiger charge is -2.09. The lowest BCUT2D eigenvalue weighted by atomic mass is 9.99. The van der Waals surface area contributed by atoms with Crippen molar-refractivity contribution in [3.05, 3.63) is 89.3 Å². The van der Waals surface area contributed by atoms with E-state index in [1.807, 2.05) is 66.5 Å². The van der Waals surface area contributed by atoms with E-state index in [4.69, 9.17) is 5.10 Å². The van der Waals surface area contributed by atoms with Crippen LogP contribution in [0.2, 0.25) is 0 Å². The van der Waals surface area contributed by atoms with Gasteiger partial charge < -0.3 is 4.57 Å². The molecule has 0 aliphatic carbocycles. The van der Waals surface area contributed by atoms with E-state index >= 15 is 0 Å². The summed E-state index contributed by atoms with van der Waals surface area (Å²) >= 11 is 0. The smallest absolute Gasteiger partial charge is 0.250 e. The van der Waals surface area contributed by atoms with Crippen LogP contribution < -0.4 is 5.56 Å². The van der Waals surface area contributed by atoms with Gasteiger partial charge in [0.05, 0.1) is 11.4 Å². The van der Waals surface area contributed by atoms with Gasteiger partial charge in [-0.1, -0.05) is 60.7 Å². The summed E-state index contributed by atoms with van der Waals surface area (Å²) in [5.41, 5.74) is 5.80. The van der Waals surface area contributed by atoms with Gasteiger partial charge in [-0.2, -0.15) is 5.10 Å². The van der Waals surface area contributed by atoms with Crippen molar-refractivity contribution in [2.45, 2.75) is 0 Å². The SMILES string of the molecule is Cn1nc(-c2cn(C)c(=O)cc2-c2ccccc2)cc1-c1ccccc1. The molecule has 0 aliphatic heterocycles. The van der Waals surface area contributed by atoms with E-state index in [9.17, 15) is 4.79 Å². The minimum Gasteiger partial charge on any atom is -0.318 e. The van der Waals surface area contributed by atoms with E-state index in [1.165, 1.54) is 0 Å². The van der Waals surface area contributed by atoms with Crippen LogP contribution in [0.15, 0.2) is 83.8 Å². The van der Waals surface area contributed by atoms with E-state index in [2.05, 4.69) is 18.2 Å². The Morgan fingerprint density at radius 1 is 0.769 bits per heavy atom. The second-order valence-corrected chi connectivity index (χ2v) is 6.32. The van der Waals surface area contributed by atoms with Crippen molar-refractivity contribution in [1.29, 1.82) is 0 Å². The van der Waals surface area contributed by atoms with Gasteiger partial charge in [-0.05, 0) is 22.8 Å². The Morgan fingerprint density at radius 3 is 2.04 bits per heavy atom. The van der Waals surface area contributed by atoms with Crippen LogP contribution in [0.3, 0.4) is 0 Å². The van der Waals surface area contributed by atoms with E-state index in [0.717, 1.165) is 33.6 Å². The third-order valence-electron chi connectivity index (χ3n) is 4.54. The molecule has 0 saturated heterocycles. The second-order valence-electron chi connectivity index (χ2n) is 6.32. The number of hydrogen-bond donors (Lipinski definition) is 0. The van der Waals surface area contributed by atoms with Crippen LogP contribution in [0.25, 0.3) is 33.6 Å². The molecule has 128 valence electrons. The maximum atomic E-state index is 12.2. The molecule has 0 fully saturated rings. The van der Waals surface area contributed by atoms with Crippen molar-refractivity contribution in [3.63, 3.8) is 0 Å². The molecule has 0 bridgehead atoms. The normalized spacial score (nSPS) is 10.8. The first-order chi connectivity index (χ1) is 12.6. The molecule has 0 unspecified atom stereocenters. The summed E-state index contributed by atoms with van der Waals surface area (Å²) in [5.74, 6) is 0. The average molecular weight is 341 g/mol. The summed E-state index contributed by atoms with van der Waals surface area (Å²) in [7, 11) is 3.71. The van der Waals surface area contributed by atoms with Crippen LogP contribution in [0.5, 0.6) is 0 Å². The Morgan fingerprint density at radius 2 is 1.38 bits per heavy atom. The molecule has 2 aromatic carbocycles. The molecule has 0 spiro atoms. The van der Waals surface area contributed by atoms with Crippen LogP contribution in [-0.2, 0) is 14.1 Å². The highest BCUT2D eigenvalue weighted by molar-refractivity contribution is 5.82. The molecule has 26 heavy (non-hydrogen) atoms. The molecule has 2 aromatic heterocycles. The quantitative estimate of drug-likeness (QED) is 0.562. The summed E-state index contributed by atoms with van der Waals surface area (Å²) in [4.78, 5) is 12.2. The lowest BCUT2D eigenvalue weighted by molar-refractivity contribution is 0.778. The number of aromatic nitrogens is 3. The van der Waals surface area contributed by atoms with Crippen molar-refractivity contribution in [1.82, 2.24) is 14.3 Å².